The lowest BCUT2D eigenvalue weighted by molar-refractivity contribution is -0.0370. The number of aromatic amines is 2. The van der Waals surface area contributed by atoms with Crippen molar-refractivity contribution in [1.29, 1.82) is 0 Å². The third kappa shape index (κ3) is 4.30. The number of aliphatic hydroxyl groups excluding tert-OH is 3. The number of aromatic nitrogens is 8. The summed E-state index contributed by atoms with van der Waals surface area (Å²) < 4.78 is 14.7. The largest absolute Gasteiger partial charge is 0.394 e. The molecule has 2 aliphatic heterocycles. The average molecular weight is 547 g/mol. The Morgan fingerprint density at radius 3 is 2.21 bits per heavy atom. The molecule has 0 radical (unpaired) electrons. The van der Waals surface area contributed by atoms with E-state index >= 15 is 0 Å². The molecule has 11 N–H and O–H groups in total. The van der Waals surface area contributed by atoms with Gasteiger partial charge in [-0.05, 0) is 0 Å². The number of aliphatic hydroxyl groups is 3. The van der Waals surface area contributed by atoms with Gasteiger partial charge in [-0.25, -0.2) is 9.97 Å². The second-order valence-corrected chi connectivity index (χ2v) is 9.28. The Balaban J connectivity index is 1.12. The topological polar surface area (TPSA) is 282 Å². The first kappa shape index (κ1) is 25.3. The minimum Gasteiger partial charge on any atom is -0.394 e. The molecule has 6 rings (SSSR count). The van der Waals surface area contributed by atoms with E-state index in [9.17, 15) is 24.9 Å². The molecule has 208 valence electrons. The molecular weight excluding hydrogens is 520 g/mol. The van der Waals surface area contributed by atoms with Crippen LogP contribution in [0.2, 0.25) is 0 Å². The molecule has 0 bridgehead atoms. The predicted molar refractivity (Wildman–Crippen MR) is 132 cm³/mol. The number of nitrogens with two attached hydrogens (primary N) is 2. The summed E-state index contributed by atoms with van der Waals surface area (Å²) in [5.41, 5.74) is 16.8. The summed E-state index contributed by atoms with van der Waals surface area (Å²) in [5, 5.41) is 31.1. The molecule has 19 heteroatoms. The number of hydrogen-bond acceptors (Lipinski definition) is 15. The molecular formula is C20H26N12O7. The van der Waals surface area contributed by atoms with Crippen LogP contribution in [0.5, 0.6) is 0 Å². The van der Waals surface area contributed by atoms with E-state index in [4.69, 9.17) is 20.9 Å². The van der Waals surface area contributed by atoms with Crippen molar-refractivity contribution in [1.82, 2.24) is 49.9 Å². The van der Waals surface area contributed by atoms with E-state index in [-0.39, 0.29) is 47.4 Å². The van der Waals surface area contributed by atoms with Crippen molar-refractivity contribution in [2.45, 2.75) is 49.3 Å². The second kappa shape index (κ2) is 9.64. The number of anilines is 2. The molecule has 0 aliphatic carbocycles. The number of rotatable bonds is 7. The van der Waals surface area contributed by atoms with Crippen LogP contribution in [0.1, 0.15) is 18.9 Å². The Labute approximate surface area is 216 Å². The maximum Gasteiger partial charge on any atom is 0.280 e. The standard InChI is InChI=1S/C20H26N12O7/c21-19-26-14-10(16(36)28-19)23-4-31(14)9-1-6(8(3-33)38-9)30-25-2-7-12(34)13(35)18(39-7)32-5-24-11-15(32)27-20(22)29-17(11)37/h4-9,12-13,18,25,30,33-35H,1-3H2,(H3,21,26,28,36)(H3,22,27,29,37)/t6-,7+,8+,9+,12+,13-,18+/m0/s1. The highest BCUT2D eigenvalue weighted by Gasteiger charge is 2.44. The Hall–Kier alpha value is -3.98. The monoisotopic (exact) mass is 546 g/mol. The third-order valence-corrected chi connectivity index (χ3v) is 6.83. The SMILES string of the molecule is Nc1nc2c(ncn2[C@@H]2O[C@H](CNN[C@H]3C[C@H](n4cnc5c(=O)[nH]c(N)nc54)O[C@@H]3CO)[C@@H](O)[C@@H]2O)c(=O)[nH]1. The third-order valence-electron chi connectivity index (χ3n) is 6.83. The zero-order chi connectivity index (χ0) is 27.4. The molecule has 2 saturated heterocycles. The molecule has 7 atom stereocenters. The van der Waals surface area contributed by atoms with Gasteiger partial charge >= 0.3 is 0 Å². The van der Waals surface area contributed by atoms with E-state index in [1.165, 1.54) is 17.2 Å². The highest BCUT2D eigenvalue weighted by Crippen LogP contribution is 2.32. The maximum absolute atomic E-state index is 12.1. The van der Waals surface area contributed by atoms with Gasteiger partial charge in [0.2, 0.25) is 11.9 Å². The van der Waals surface area contributed by atoms with E-state index in [1.807, 2.05) is 0 Å². The fourth-order valence-corrected chi connectivity index (χ4v) is 4.92. The number of nitrogen functional groups attached to an aromatic ring is 2. The van der Waals surface area contributed by atoms with Gasteiger partial charge in [0.25, 0.3) is 11.1 Å². The van der Waals surface area contributed by atoms with Crippen molar-refractivity contribution in [3.05, 3.63) is 33.4 Å². The second-order valence-electron chi connectivity index (χ2n) is 9.28. The van der Waals surface area contributed by atoms with E-state index < -0.39 is 54.0 Å². The summed E-state index contributed by atoms with van der Waals surface area (Å²) in [4.78, 5) is 45.2. The van der Waals surface area contributed by atoms with Gasteiger partial charge in [-0.1, -0.05) is 0 Å². The smallest absolute Gasteiger partial charge is 0.280 e. The van der Waals surface area contributed by atoms with Crippen molar-refractivity contribution < 1.29 is 24.8 Å². The lowest BCUT2D eigenvalue weighted by Gasteiger charge is -2.21. The molecule has 19 nitrogen and oxygen atoms in total. The number of H-pyrrole nitrogens is 2. The van der Waals surface area contributed by atoms with Gasteiger partial charge in [-0.2, -0.15) is 9.97 Å². The zero-order valence-electron chi connectivity index (χ0n) is 20.1. The van der Waals surface area contributed by atoms with Crippen LogP contribution in [0, 0.1) is 0 Å². The number of ether oxygens (including phenoxy) is 2. The van der Waals surface area contributed by atoms with Crippen molar-refractivity contribution in [3.8, 4) is 0 Å². The number of nitrogens with zero attached hydrogens (tertiary/aromatic N) is 6. The Kier molecular flexibility index (Phi) is 6.26. The van der Waals surface area contributed by atoms with Crippen LogP contribution in [0.15, 0.2) is 22.2 Å². The van der Waals surface area contributed by atoms with Gasteiger partial charge in [-0.3, -0.25) is 39.5 Å². The van der Waals surface area contributed by atoms with Crippen molar-refractivity contribution in [2.24, 2.45) is 0 Å². The first-order valence-corrected chi connectivity index (χ1v) is 12.0. The summed E-state index contributed by atoms with van der Waals surface area (Å²) in [5.74, 6) is -0.192. The molecule has 39 heavy (non-hydrogen) atoms. The van der Waals surface area contributed by atoms with Crippen molar-refractivity contribution in [2.75, 3.05) is 24.6 Å². The lowest BCUT2D eigenvalue weighted by Crippen LogP contribution is -2.50. The molecule has 0 aromatic carbocycles. The van der Waals surface area contributed by atoms with E-state index in [1.54, 1.807) is 4.57 Å². The average Bonchev–Trinajstić information content (AvgIpc) is 3.66. The minimum atomic E-state index is -1.35. The fraction of sp³-hybridized carbons (Fsp3) is 0.500. The quantitative estimate of drug-likeness (QED) is 0.0993. The van der Waals surface area contributed by atoms with Crippen molar-refractivity contribution in [3.63, 3.8) is 0 Å². The summed E-state index contributed by atoms with van der Waals surface area (Å²) in [7, 11) is 0. The Morgan fingerprint density at radius 1 is 0.949 bits per heavy atom. The molecule has 6 heterocycles. The van der Waals surface area contributed by atoms with Crippen LogP contribution < -0.4 is 33.4 Å². The van der Waals surface area contributed by atoms with E-state index in [0.717, 1.165) is 0 Å². The molecule has 0 spiro atoms. The highest BCUT2D eigenvalue weighted by molar-refractivity contribution is 5.71. The molecule has 2 fully saturated rings. The molecule has 2 aliphatic rings. The number of hydrazine groups is 1. The van der Waals surface area contributed by atoms with Gasteiger partial charge < -0.3 is 36.3 Å². The summed E-state index contributed by atoms with van der Waals surface area (Å²) in [6, 6.07) is -0.396. The molecule has 0 saturated carbocycles. The Morgan fingerprint density at radius 2 is 1.56 bits per heavy atom. The molecule has 4 aromatic heterocycles. The number of nitrogens with one attached hydrogen (secondary N) is 4. The fourth-order valence-electron chi connectivity index (χ4n) is 4.92. The number of imidazole rings is 2. The predicted octanol–water partition coefficient (Wildman–Crippen LogP) is -4.22. The van der Waals surface area contributed by atoms with Crippen molar-refractivity contribution >= 4 is 34.2 Å². The van der Waals surface area contributed by atoms with Gasteiger partial charge in [0.1, 0.15) is 24.5 Å². The maximum atomic E-state index is 12.1. The summed E-state index contributed by atoms with van der Waals surface area (Å²) in [6.45, 7) is -0.247. The van der Waals surface area contributed by atoms with Gasteiger partial charge in [0, 0.05) is 13.0 Å². The molecule has 0 unspecified atom stereocenters. The van der Waals surface area contributed by atoms with Crippen LogP contribution in [0.4, 0.5) is 11.9 Å². The summed E-state index contributed by atoms with van der Waals surface area (Å²) >= 11 is 0. The summed E-state index contributed by atoms with van der Waals surface area (Å²) in [6.07, 6.45) is -2.74. The van der Waals surface area contributed by atoms with Crippen LogP contribution in [0.3, 0.4) is 0 Å². The lowest BCUT2D eigenvalue weighted by atomic mass is 10.1. The van der Waals surface area contributed by atoms with Crippen LogP contribution in [-0.4, -0.2) is 98.0 Å². The first-order valence-electron chi connectivity index (χ1n) is 12.0. The normalized spacial score (nSPS) is 29.2. The minimum absolute atomic E-state index is 0.0109. The van der Waals surface area contributed by atoms with E-state index in [0.29, 0.717) is 6.42 Å². The van der Waals surface area contributed by atoms with Gasteiger partial charge in [0.15, 0.2) is 28.6 Å². The first-order chi connectivity index (χ1) is 18.7. The number of fused-ring (bicyclic) bond motifs is 2. The molecule has 4 aromatic rings. The van der Waals surface area contributed by atoms with E-state index in [2.05, 4.69) is 40.8 Å². The van der Waals surface area contributed by atoms with Crippen LogP contribution >= 0.6 is 0 Å². The zero-order valence-corrected chi connectivity index (χ0v) is 20.1. The molecule has 0 amide bonds. The van der Waals surface area contributed by atoms with Crippen LogP contribution in [0.25, 0.3) is 22.3 Å². The Bertz CT molecular complexity index is 1630. The van der Waals surface area contributed by atoms with Crippen LogP contribution in [-0.2, 0) is 9.47 Å². The van der Waals surface area contributed by atoms with Gasteiger partial charge in [-0.15, -0.1) is 0 Å². The highest BCUT2D eigenvalue weighted by atomic mass is 16.6. The van der Waals surface area contributed by atoms with Gasteiger partial charge in [0.05, 0.1) is 31.4 Å². The number of hydrogen-bond donors (Lipinski definition) is 9.